The van der Waals surface area contributed by atoms with E-state index < -0.39 is 0 Å². The summed E-state index contributed by atoms with van der Waals surface area (Å²) in [6.07, 6.45) is 1.34. The molecule has 0 unspecified atom stereocenters. The minimum Gasteiger partial charge on any atom is -0.367 e. The Labute approximate surface area is 83.4 Å². The normalized spacial score (nSPS) is 9.43. The van der Waals surface area contributed by atoms with Gasteiger partial charge in [0.15, 0.2) is 0 Å². The van der Waals surface area contributed by atoms with Gasteiger partial charge in [-0.3, -0.25) is 4.79 Å². The van der Waals surface area contributed by atoms with Crippen LogP contribution in [0.15, 0.2) is 43.1 Å². The van der Waals surface area contributed by atoms with Gasteiger partial charge in [-0.15, -0.1) is 0 Å². The monoisotopic (exact) mass is 191 g/mol. The van der Waals surface area contributed by atoms with Crippen LogP contribution in [0, 0.1) is 0 Å². The van der Waals surface area contributed by atoms with Crippen molar-refractivity contribution in [2.75, 3.05) is 6.61 Å². The van der Waals surface area contributed by atoms with Crippen molar-refractivity contribution in [3.8, 4) is 0 Å². The van der Waals surface area contributed by atoms with Crippen LogP contribution in [-0.2, 0) is 16.1 Å². The number of benzene rings is 1. The lowest BCUT2D eigenvalue weighted by Crippen LogP contribution is -2.22. The van der Waals surface area contributed by atoms with E-state index in [-0.39, 0.29) is 12.5 Å². The summed E-state index contributed by atoms with van der Waals surface area (Å²) in [6.45, 7) is 3.89. The van der Waals surface area contributed by atoms with E-state index in [2.05, 4.69) is 11.9 Å². The third kappa shape index (κ3) is 3.87. The predicted octanol–water partition coefficient (Wildman–Crippen LogP) is 1.46. The summed E-state index contributed by atoms with van der Waals surface area (Å²) in [5, 5.41) is 2.43. The molecule has 0 aromatic heterocycles. The Morgan fingerprint density at radius 2 is 2.14 bits per heavy atom. The molecule has 1 rings (SSSR count). The molecule has 0 radical (unpaired) electrons. The summed E-state index contributed by atoms with van der Waals surface area (Å²) in [7, 11) is 0. The summed E-state index contributed by atoms with van der Waals surface area (Å²) < 4.78 is 5.17. The van der Waals surface area contributed by atoms with Crippen molar-refractivity contribution in [2.45, 2.75) is 6.61 Å². The molecule has 0 aliphatic carbocycles. The molecule has 1 N–H and O–H groups in total. The molecule has 0 aliphatic heterocycles. The van der Waals surface area contributed by atoms with Gasteiger partial charge >= 0.3 is 0 Å². The van der Waals surface area contributed by atoms with Crippen molar-refractivity contribution in [1.82, 2.24) is 5.32 Å². The summed E-state index contributed by atoms with van der Waals surface area (Å²) >= 11 is 0. The van der Waals surface area contributed by atoms with E-state index in [1.54, 1.807) is 0 Å². The summed E-state index contributed by atoms with van der Waals surface area (Å²) in [4.78, 5) is 10.9. The number of carbonyl (C=O) groups is 1. The first kappa shape index (κ1) is 10.5. The van der Waals surface area contributed by atoms with E-state index >= 15 is 0 Å². The first-order valence-electron chi connectivity index (χ1n) is 4.35. The number of rotatable bonds is 5. The van der Waals surface area contributed by atoms with Crippen LogP contribution in [0.1, 0.15) is 5.56 Å². The second kappa shape index (κ2) is 5.94. The van der Waals surface area contributed by atoms with Crippen molar-refractivity contribution in [3.63, 3.8) is 0 Å². The van der Waals surface area contributed by atoms with E-state index in [0.29, 0.717) is 6.61 Å². The maximum absolute atomic E-state index is 10.9. The molecular weight excluding hydrogens is 178 g/mol. The van der Waals surface area contributed by atoms with Gasteiger partial charge in [-0.05, 0) is 11.8 Å². The van der Waals surface area contributed by atoms with Crippen LogP contribution in [0.4, 0.5) is 0 Å². The zero-order chi connectivity index (χ0) is 10.2. The van der Waals surface area contributed by atoms with Crippen LogP contribution >= 0.6 is 0 Å². The summed E-state index contributed by atoms with van der Waals surface area (Å²) in [5.74, 6) is -0.184. The number of nitrogens with one attached hydrogen (secondary N) is 1. The molecule has 0 spiro atoms. The predicted molar refractivity (Wildman–Crippen MR) is 54.4 cm³/mol. The van der Waals surface area contributed by atoms with E-state index in [4.69, 9.17) is 4.74 Å². The molecule has 74 valence electrons. The third-order valence-electron chi connectivity index (χ3n) is 1.61. The Bertz CT molecular complexity index is 295. The largest absolute Gasteiger partial charge is 0.367 e. The summed E-state index contributed by atoms with van der Waals surface area (Å²) in [6, 6.07) is 9.70. The molecule has 0 aliphatic rings. The zero-order valence-electron chi connectivity index (χ0n) is 7.90. The second-order valence-electron chi connectivity index (χ2n) is 2.75. The van der Waals surface area contributed by atoms with Crippen molar-refractivity contribution < 1.29 is 9.53 Å². The van der Waals surface area contributed by atoms with Crippen molar-refractivity contribution in [1.29, 1.82) is 0 Å². The first-order chi connectivity index (χ1) is 6.83. The van der Waals surface area contributed by atoms with E-state index in [9.17, 15) is 4.79 Å². The number of carbonyl (C=O) groups excluding carboxylic acids is 1. The molecule has 0 atom stereocenters. The Balaban J connectivity index is 2.22. The van der Waals surface area contributed by atoms with Gasteiger partial charge < -0.3 is 10.1 Å². The van der Waals surface area contributed by atoms with Crippen molar-refractivity contribution >= 4 is 5.91 Å². The van der Waals surface area contributed by atoms with Gasteiger partial charge in [0, 0.05) is 0 Å². The molecule has 1 aromatic rings. The molecule has 3 nitrogen and oxygen atoms in total. The Morgan fingerprint density at radius 3 is 2.79 bits per heavy atom. The third-order valence-corrected chi connectivity index (χ3v) is 1.61. The highest BCUT2D eigenvalue weighted by Crippen LogP contribution is 1.99. The Kier molecular flexibility index (Phi) is 4.44. The molecule has 1 amide bonds. The number of hydrogen-bond acceptors (Lipinski definition) is 2. The minimum absolute atomic E-state index is 0.0565. The molecule has 0 bridgehead atoms. The van der Waals surface area contributed by atoms with Crippen LogP contribution in [0.3, 0.4) is 0 Å². The van der Waals surface area contributed by atoms with Gasteiger partial charge in [-0.1, -0.05) is 36.9 Å². The van der Waals surface area contributed by atoms with Crippen molar-refractivity contribution in [2.24, 2.45) is 0 Å². The quantitative estimate of drug-likeness (QED) is 0.765. The van der Waals surface area contributed by atoms with Gasteiger partial charge in [0.25, 0.3) is 0 Å². The van der Waals surface area contributed by atoms with E-state index in [0.717, 1.165) is 5.56 Å². The molecule has 0 saturated carbocycles. The molecule has 0 saturated heterocycles. The molecule has 1 aromatic carbocycles. The van der Waals surface area contributed by atoms with Crippen LogP contribution in [-0.4, -0.2) is 12.5 Å². The van der Waals surface area contributed by atoms with Gasteiger partial charge in [0.05, 0.1) is 6.61 Å². The lowest BCUT2D eigenvalue weighted by atomic mass is 10.2. The fraction of sp³-hybridized carbons (Fsp3) is 0.182. The van der Waals surface area contributed by atoms with Crippen LogP contribution in [0.25, 0.3) is 0 Å². The number of ether oxygens (including phenoxy) is 1. The highest BCUT2D eigenvalue weighted by atomic mass is 16.5. The molecule has 0 heterocycles. The zero-order valence-corrected chi connectivity index (χ0v) is 7.90. The highest BCUT2D eigenvalue weighted by Gasteiger charge is 1.97. The number of hydrogen-bond donors (Lipinski definition) is 1. The first-order valence-corrected chi connectivity index (χ1v) is 4.35. The minimum atomic E-state index is -0.184. The van der Waals surface area contributed by atoms with Crippen LogP contribution < -0.4 is 5.32 Å². The molecule has 0 fully saturated rings. The van der Waals surface area contributed by atoms with Crippen LogP contribution in [0.5, 0.6) is 0 Å². The van der Waals surface area contributed by atoms with Crippen molar-refractivity contribution in [3.05, 3.63) is 48.7 Å². The van der Waals surface area contributed by atoms with Crippen LogP contribution in [0.2, 0.25) is 0 Å². The molecular formula is C11H13NO2. The second-order valence-corrected chi connectivity index (χ2v) is 2.75. The Hall–Kier alpha value is -1.61. The highest BCUT2D eigenvalue weighted by molar-refractivity contribution is 5.77. The lowest BCUT2D eigenvalue weighted by Gasteiger charge is -2.02. The lowest BCUT2D eigenvalue weighted by molar-refractivity contribution is -0.125. The topological polar surface area (TPSA) is 38.3 Å². The fourth-order valence-corrected chi connectivity index (χ4v) is 0.991. The molecule has 3 heteroatoms. The van der Waals surface area contributed by atoms with Gasteiger partial charge in [-0.25, -0.2) is 0 Å². The smallest absolute Gasteiger partial charge is 0.249 e. The number of amides is 1. The maximum Gasteiger partial charge on any atom is 0.249 e. The average Bonchev–Trinajstić information content (AvgIpc) is 2.20. The van der Waals surface area contributed by atoms with Gasteiger partial charge in [0.1, 0.15) is 6.61 Å². The van der Waals surface area contributed by atoms with E-state index in [1.807, 2.05) is 30.3 Å². The average molecular weight is 191 g/mol. The van der Waals surface area contributed by atoms with Gasteiger partial charge in [0.2, 0.25) is 5.91 Å². The summed E-state index contributed by atoms with van der Waals surface area (Å²) in [5.41, 5.74) is 1.05. The van der Waals surface area contributed by atoms with Gasteiger partial charge in [-0.2, -0.15) is 0 Å². The standard InChI is InChI=1S/C11H13NO2/c1-2-12-11(13)9-14-8-10-6-4-3-5-7-10/h2-7H,1,8-9H2,(H,12,13). The van der Waals surface area contributed by atoms with E-state index in [1.165, 1.54) is 6.20 Å². The Morgan fingerprint density at radius 1 is 1.43 bits per heavy atom. The molecule has 14 heavy (non-hydrogen) atoms. The SMILES string of the molecule is C=CNC(=O)COCc1ccccc1. The fourth-order valence-electron chi connectivity index (χ4n) is 0.991. The maximum atomic E-state index is 10.9.